The summed E-state index contributed by atoms with van der Waals surface area (Å²) < 4.78 is 39.4. The topological polar surface area (TPSA) is 349 Å². The van der Waals surface area contributed by atoms with Gasteiger partial charge >= 0.3 is 0 Å². The lowest BCUT2D eigenvalue weighted by molar-refractivity contribution is -0.375. The number of rotatable bonds is 9. The van der Waals surface area contributed by atoms with Crippen LogP contribution in [0.15, 0.2) is 39.5 Å². The fourth-order valence-electron chi connectivity index (χ4n) is 6.46. The lowest BCUT2D eigenvalue weighted by Gasteiger charge is -2.47. The van der Waals surface area contributed by atoms with Crippen LogP contribution in [0.5, 0.6) is 28.7 Å². The largest absolute Gasteiger partial charge is 0.508 e. The van der Waals surface area contributed by atoms with E-state index in [0.717, 1.165) is 24.3 Å². The van der Waals surface area contributed by atoms with Crippen molar-refractivity contribution in [2.45, 2.75) is 99.0 Å². The van der Waals surface area contributed by atoms with Crippen LogP contribution in [-0.2, 0) is 23.7 Å². The van der Waals surface area contributed by atoms with Gasteiger partial charge in [0.05, 0.1) is 19.3 Å². The van der Waals surface area contributed by atoms with Gasteiger partial charge in [-0.3, -0.25) is 4.79 Å². The van der Waals surface area contributed by atoms with Gasteiger partial charge in [-0.1, -0.05) is 0 Å². The Balaban J connectivity index is 1.21. The number of phenols is 4. The van der Waals surface area contributed by atoms with Crippen LogP contribution in [0.4, 0.5) is 0 Å². The first-order valence-corrected chi connectivity index (χ1v) is 16.5. The fourth-order valence-corrected chi connectivity index (χ4v) is 6.46. The summed E-state index contributed by atoms with van der Waals surface area (Å²) in [6.45, 7) is -0.326. The van der Waals surface area contributed by atoms with Crippen molar-refractivity contribution in [2.24, 2.45) is 0 Å². The molecule has 0 amide bonds. The van der Waals surface area contributed by atoms with Crippen LogP contribution in [0.1, 0.15) is 6.92 Å². The normalized spacial score (nSPS) is 37.3. The number of aliphatic hydroxyl groups excluding tert-OH is 9. The molecular weight excluding hydrogens is 732 g/mol. The number of phenolic OH excluding ortho intramolecular Hbond substituents is 4. The highest BCUT2D eigenvalue weighted by Crippen LogP contribution is 2.40. The maximum atomic E-state index is 13.7. The van der Waals surface area contributed by atoms with Gasteiger partial charge in [-0.25, -0.2) is 0 Å². The average Bonchev–Trinajstić information content (AvgIpc) is 3.13. The van der Waals surface area contributed by atoms with Gasteiger partial charge in [0.15, 0.2) is 29.8 Å². The molecule has 3 aliphatic heterocycles. The van der Waals surface area contributed by atoms with Gasteiger partial charge in [-0.05, 0) is 25.1 Å². The Morgan fingerprint density at radius 1 is 0.630 bits per heavy atom. The third-order valence-electron chi connectivity index (χ3n) is 9.42. The van der Waals surface area contributed by atoms with E-state index in [1.54, 1.807) is 0 Å². The minimum atomic E-state index is -2.03. The standard InChI is InChI=1S/C33H40O21/c1-9-27(52-33-26(47)23(44)29(17(8-35)51-33)53-32-24(45)21(42)19(40)16(7-34)50-32)22(43)25(46)31(48-9)54-30-20(41)18-14(39)5-11(36)6-15(18)49-28(30)10-2-3-12(37)13(38)4-10/h2-6,9,16-17,19,21-27,29,31-40,42-47H,7-8H2,1H3/t9-,16-,17-,19-,21-,22-,23-,24-,25-,26-,27+,29+,31-,32+,33+/m0/s1. The molecule has 6 rings (SSSR count). The third kappa shape index (κ3) is 7.27. The Morgan fingerprint density at radius 2 is 1.22 bits per heavy atom. The Bertz CT molecular complexity index is 1850. The van der Waals surface area contributed by atoms with E-state index in [9.17, 15) is 71.2 Å². The molecule has 0 radical (unpaired) electrons. The van der Waals surface area contributed by atoms with Crippen molar-refractivity contribution in [3.8, 4) is 40.1 Å². The van der Waals surface area contributed by atoms with Crippen LogP contribution >= 0.6 is 0 Å². The summed E-state index contributed by atoms with van der Waals surface area (Å²) in [4.78, 5) is 13.7. The van der Waals surface area contributed by atoms with Crippen molar-refractivity contribution in [1.29, 1.82) is 0 Å². The summed E-state index contributed by atoms with van der Waals surface area (Å²) in [6, 6.07) is 5.20. The van der Waals surface area contributed by atoms with Crippen molar-refractivity contribution in [3.05, 3.63) is 40.6 Å². The highest BCUT2D eigenvalue weighted by atomic mass is 16.8. The summed E-state index contributed by atoms with van der Waals surface area (Å²) in [7, 11) is 0. The van der Waals surface area contributed by atoms with Crippen LogP contribution in [0.2, 0.25) is 0 Å². The molecule has 4 heterocycles. The van der Waals surface area contributed by atoms with Crippen LogP contribution in [0.25, 0.3) is 22.3 Å². The molecule has 2 aromatic carbocycles. The first kappa shape index (κ1) is 39.8. The molecule has 3 aliphatic rings. The molecule has 21 heteroatoms. The zero-order chi connectivity index (χ0) is 39.3. The molecule has 0 aliphatic carbocycles. The summed E-state index contributed by atoms with van der Waals surface area (Å²) in [5.74, 6) is -3.41. The first-order chi connectivity index (χ1) is 25.6. The quantitative estimate of drug-likeness (QED) is 0.0925. The second kappa shape index (κ2) is 15.7. The van der Waals surface area contributed by atoms with E-state index in [-0.39, 0.29) is 11.1 Å². The minimum absolute atomic E-state index is 0.0449. The highest BCUT2D eigenvalue weighted by Gasteiger charge is 2.53. The van der Waals surface area contributed by atoms with Crippen molar-refractivity contribution < 1.29 is 99.2 Å². The lowest BCUT2D eigenvalue weighted by Crippen LogP contribution is -2.66. The van der Waals surface area contributed by atoms with Crippen LogP contribution in [0.3, 0.4) is 0 Å². The maximum absolute atomic E-state index is 13.7. The molecule has 54 heavy (non-hydrogen) atoms. The highest BCUT2D eigenvalue weighted by molar-refractivity contribution is 5.88. The molecule has 3 fully saturated rings. The fraction of sp³-hybridized carbons (Fsp3) is 0.545. The number of benzene rings is 2. The summed E-state index contributed by atoms with van der Waals surface area (Å²) in [5.41, 5.74) is -1.39. The maximum Gasteiger partial charge on any atom is 0.239 e. The monoisotopic (exact) mass is 772 g/mol. The Labute approximate surface area is 303 Å². The minimum Gasteiger partial charge on any atom is -0.508 e. The smallest absolute Gasteiger partial charge is 0.239 e. The van der Waals surface area contributed by atoms with E-state index in [4.69, 9.17) is 32.8 Å². The second-order valence-corrected chi connectivity index (χ2v) is 13.0. The van der Waals surface area contributed by atoms with Crippen LogP contribution < -0.4 is 10.2 Å². The zero-order valence-corrected chi connectivity index (χ0v) is 28.0. The number of aromatic hydroxyl groups is 4. The summed E-state index contributed by atoms with van der Waals surface area (Å²) in [5, 5.41) is 134. The SMILES string of the molecule is C[C@@H]1O[C@@H](Oc2c(-c3ccc(O)c(O)c3)oc3cc(O)cc(O)c3c2=O)[C@@H](O)[C@H](O)[C@@H]1O[C@H]1O[C@@H](CO)[C@@H](O[C@H]2O[C@@H](CO)[C@H](O)[C@H](O)[C@@H]2O)[C@@H](O)[C@@H]1O. The average molecular weight is 773 g/mol. The van der Waals surface area contributed by atoms with Gasteiger partial charge in [-0.15, -0.1) is 0 Å². The summed E-state index contributed by atoms with van der Waals surface area (Å²) >= 11 is 0. The van der Waals surface area contributed by atoms with Gasteiger partial charge in [0.1, 0.15) is 89.6 Å². The predicted molar refractivity (Wildman–Crippen MR) is 173 cm³/mol. The molecule has 0 unspecified atom stereocenters. The molecule has 21 nitrogen and oxygen atoms in total. The number of aliphatic hydroxyl groups is 9. The van der Waals surface area contributed by atoms with E-state index in [1.807, 2.05) is 0 Å². The predicted octanol–water partition coefficient (Wildman–Crippen LogP) is -3.86. The van der Waals surface area contributed by atoms with Gasteiger partial charge < -0.3 is 99.2 Å². The lowest BCUT2D eigenvalue weighted by atomic mass is 9.96. The van der Waals surface area contributed by atoms with Crippen molar-refractivity contribution >= 4 is 11.0 Å². The number of hydrogen-bond donors (Lipinski definition) is 13. The first-order valence-electron chi connectivity index (χ1n) is 16.5. The number of ether oxygens (including phenoxy) is 6. The molecule has 13 N–H and O–H groups in total. The second-order valence-electron chi connectivity index (χ2n) is 13.0. The van der Waals surface area contributed by atoms with Gasteiger partial charge in [-0.2, -0.15) is 0 Å². The molecule has 0 saturated carbocycles. The van der Waals surface area contributed by atoms with E-state index < -0.39 is 151 Å². The van der Waals surface area contributed by atoms with Gasteiger partial charge in [0, 0.05) is 17.7 Å². The summed E-state index contributed by atoms with van der Waals surface area (Å²) in [6.07, 6.45) is -26.2. The zero-order valence-electron chi connectivity index (χ0n) is 28.0. The Morgan fingerprint density at radius 3 is 1.87 bits per heavy atom. The third-order valence-corrected chi connectivity index (χ3v) is 9.42. The molecular formula is C33H40O21. The molecule has 0 spiro atoms. The van der Waals surface area contributed by atoms with Crippen molar-refractivity contribution in [3.63, 3.8) is 0 Å². The molecule has 3 aromatic rings. The number of hydrogen-bond acceptors (Lipinski definition) is 21. The Kier molecular flexibility index (Phi) is 11.5. The Hall–Kier alpha value is -3.91. The molecule has 298 valence electrons. The van der Waals surface area contributed by atoms with Crippen LogP contribution in [0, 0.1) is 0 Å². The van der Waals surface area contributed by atoms with E-state index >= 15 is 0 Å². The molecule has 15 atom stereocenters. The van der Waals surface area contributed by atoms with E-state index in [2.05, 4.69) is 0 Å². The molecule has 3 saturated heterocycles. The van der Waals surface area contributed by atoms with Crippen molar-refractivity contribution in [2.75, 3.05) is 13.2 Å². The van der Waals surface area contributed by atoms with E-state index in [1.165, 1.54) is 13.0 Å². The van der Waals surface area contributed by atoms with E-state index in [0.29, 0.717) is 0 Å². The number of fused-ring (bicyclic) bond motifs is 1. The van der Waals surface area contributed by atoms with Gasteiger partial charge in [0.2, 0.25) is 17.5 Å². The van der Waals surface area contributed by atoms with Crippen molar-refractivity contribution in [1.82, 2.24) is 0 Å². The molecule has 1 aromatic heterocycles. The van der Waals surface area contributed by atoms with Gasteiger partial charge in [0.25, 0.3) is 0 Å². The molecule has 0 bridgehead atoms. The van der Waals surface area contributed by atoms with Crippen LogP contribution in [-0.4, -0.2) is 172 Å².